The van der Waals surface area contributed by atoms with Crippen molar-refractivity contribution in [2.24, 2.45) is 5.73 Å². The maximum atomic E-state index is 12.8. The van der Waals surface area contributed by atoms with Crippen molar-refractivity contribution >= 4 is 23.6 Å². The van der Waals surface area contributed by atoms with Crippen LogP contribution in [-0.2, 0) is 4.74 Å². The summed E-state index contributed by atoms with van der Waals surface area (Å²) in [5, 5.41) is 3.15. The molecule has 3 N–H and O–H groups in total. The summed E-state index contributed by atoms with van der Waals surface area (Å²) < 4.78 is 11.3. The third-order valence-electron chi connectivity index (χ3n) is 5.83. The Kier molecular flexibility index (Phi) is 6.80. The molecule has 0 radical (unpaired) electrons. The average molecular weight is 442 g/mol. The number of ether oxygens (including phenoxy) is 2. The molecule has 2 amide bonds. The lowest BCUT2D eigenvalue weighted by Gasteiger charge is -2.43. The number of nitrogens with two attached hydrogens (primary N) is 1. The first-order valence-corrected chi connectivity index (χ1v) is 11.6. The van der Waals surface area contributed by atoms with E-state index in [4.69, 9.17) is 15.2 Å². The van der Waals surface area contributed by atoms with Gasteiger partial charge in [0, 0.05) is 42.1 Å². The molecule has 2 heterocycles. The molecule has 1 unspecified atom stereocenters. The van der Waals surface area contributed by atoms with E-state index in [0.717, 1.165) is 44.2 Å². The van der Waals surface area contributed by atoms with Gasteiger partial charge in [0.2, 0.25) is 5.91 Å². The van der Waals surface area contributed by atoms with Crippen molar-refractivity contribution in [2.45, 2.75) is 12.0 Å². The van der Waals surface area contributed by atoms with Gasteiger partial charge in [-0.05, 0) is 60.7 Å². The zero-order valence-electron chi connectivity index (χ0n) is 17.3. The predicted molar refractivity (Wildman–Crippen MR) is 121 cm³/mol. The van der Waals surface area contributed by atoms with Crippen molar-refractivity contribution in [1.82, 2.24) is 10.2 Å². The number of nitrogens with zero attached hydrogens (tertiary/aromatic N) is 1. The van der Waals surface area contributed by atoms with Gasteiger partial charge in [-0.3, -0.25) is 14.5 Å². The molecular weight excluding hydrogens is 414 g/mol. The molecule has 2 aliphatic rings. The first-order chi connectivity index (χ1) is 15.1. The molecule has 0 aliphatic carbocycles. The summed E-state index contributed by atoms with van der Waals surface area (Å²) in [7, 11) is 0. The van der Waals surface area contributed by atoms with E-state index in [1.807, 2.05) is 11.8 Å². The van der Waals surface area contributed by atoms with Crippen LogP contribution in [0.4, 0.5) is 0 Å². The average Bonchev–Trinajstić information content (AvgIpc) is 3.29. The van der Waals surface area contributed by atoms with E-state index >= 15 is 0 Å². The molecule has 7 nitrogen and oxygen atoms in total. The second-order valence-corrected chi connectivity index (χ2v) is 8.93. The van der Waals surface area contributed by atoms with Crippen molar-refractivity contribution < 1.29 is 19.1 Å². The van der Waals surface area contributed by atoms with Gasteiger partial charge in [0.1, 0.15) is 11.5 Å². The molecule has 8 heteroatoms. The third-order valence-corrected chi connectivity index (χ3v) is 7.07. The molecule has 0 saturated carbocycles. The second-order valence-electron chi connectivity index (χ2n) is 7.82. The highest BCUT2D eigenvalue weighted by molar-refractivity contribution is 7.99. The first-order valence-electron chi connectivity index (χ1n) is 10.4. The van der Waals surface area contributed by atoms with Gasteiger partial charge in [0.25, 0.3) is 5.91 Å². The standard InChI is InChI=1S/C23H27N3O4S/c24-21(27)17-1-5-19(6-2-17)30-20-7-3-18(4-8-20)22(28)25-15-23(9-14-31-16-23)26-10-12-29-13-11-26/h1-8H,9-16H2,(H2,24,27)(H,25,28). The van der Waals surface area contributed by atoms with E-state index in [-0.39, 0.29) is 11.4 Å². The van der Waals surface area contributed by atoms with Crippen LogP contribution in [0.1, 0.15) is 27.1 Å². The van der Waals surface area contributed by atoms with E-state index in [2.05, 4.69) is 10.2 Å². The van der Waals surface area contributed by atoms with E-state index in [1.165, 1.54) is 0 Å². The summed E-state index contributed by atoms with van der Waals surface area (Å²) in [6, 6.07) is 13.6. The Labute approximate surface area is 186 Å². The van der Waals surface area contributed by atoms with Crippen LogP contribution in [-0.4, -0.2) is 66.6 Å². The minimum atomic E-state index is -0.478. The summed E-state index contributed by atoms with van der Waals surface area (Å²) >= 11 is 1.95. The van der Waals surface area contributed by atoms with Crippen LogP contribution in [0.2, 0.25) is 0 Å². The van der Waals surface area contributed by atoms with Crippen LogP contribution in [0.15, 0.2) is 48.5 Å². The van der Waals surface area contributed by atoms with Gasteiger partial charge >= 0.3 is 0 Å². The molecular formula is C23H27N3O4S. The van der Waals surface area contributed by atoms with Crippen LogP contribution in [0.5, 0.6) is 11.5 Å². The van der Waals surface area contributed by atoms with Gasteiger partial charge in [0.05, 0.1) is 13.2 Å². The number of hydrogen-bond donors (Lipinski definition) is 2. The fraction of sp³-hybridized carbons (Fsp3) is 0.391. The zero-order valence-corrected chi connectivity index (χ0v) is 18.2. The molecule has 0 spiro atoms. The fourth-order valence-electron chi connectivity index (χ4n) is 3.98. The fourth-order valence-corrected chi connectivity index (χ4v) is 5.46. The number of rotatable bonds is 7. The molecule has 0 bridgehead atoms. The number of hydrogen-bond acceptors (Lipinski definition) is 6. The van der Waals surface area contributed by atoms with Crippen molar-refractivity contribution in [3.8, 4) is 11.5 Å². The quantitative estimate of drug-likeness (QED) is 0.686. The highest BCUT2D eigenvalue weighted by Gasteiger charge is 2.40. The first kappa shape index (κ1) is 21.7. The molecule has 164 valence electrons. The summed E-state index contributed by atoms with van der Waals surface area (Å²) in [6.07, 6.45) is 1.08. The number of carbonyl (C=O) groups is 2. The van der Waals surface area contributed by atoms with Gasteiger partial charge in [-0.15, -0.1) is 0 Å². The van der Waals surface area contributed by atoms with Gasteiger partial charge in [-0.25, -0.2) is 0 Å². The molecule has 1 atom stereocenters. The maximum absolute atomic E-state index is 12.8. The Balaban J connectivity index is 1.35. The smallest absolute Gasteiger partial charge is 0.251 e. The molecule has 2 saturated heterocycles. The Morgan fingerprint density at radius 1 is 1.03 bits per heavy atom. The minimum Gasteiger partial charge on any atom is -0.457 e. The Morgan fingerprint density at radius 2 is 1.65 bits per heavy atom. The number of nitrogens with one attached hydrogen (secondary N) is 1. The number of thioether (sulfide) groups is 1. The maximum Gasteiger partial charge on any atom is 0.251 e. The van der Waals surface area contributed by atoms with Crippen LogP contribution in [0.25, 0.3) is 0 Å². The van der Waals surface area contributed by atoms with Crippen molar-refractivity contribution in [3.05, 3.63) is 59.7 Å². The largest absolute Gasteiger partial charge is 0.457 e. The molecule has 2 aromatic rings. The zero-order chi connectivity index (χ0) is 21.7. The van der Waals surface area contributed by atoms with E-state index in [0.29, 0.717) is 29.2 Å². The monoisotopic (exact) mass is 441 g/mol. The van der Waals surface area contributed by atoms with Crippen molar-refractivity contribution in [2.75, 3.05) is 44.4 Å². The lowest BCUT2D eigenvalue weighted by molar-refractivity contribution is -0.0129. The third kappa shape index (κ3) is 5.20. The minimum absolute atomic E-state index is 0.0181. The van der Waals surface area contributed by atoms with Crippen LogP contribution < -0.4 is 15.8 Å². The van der Waals surface area contributed by atoms with Gasteiger partial charge in [-0.2, -0.15) is 11.8 Å². The number of morpholine rings is 1. The molecule has 4 rings (SSSR count). The molecule has 2 aromatic carbocycles. The van der Waals surface area contributed by atoms with Crippen LogP contribution in [0, 0.1) is 0 Å². The summed E-state index contributed by atoms with van der Waals surface area (Å²) in [4.78, 5) is 26.4. The Bertz CT molecular complexity index is 905. The predicted octanol–water partition coefficient (Wildman–Crippen LogP) is 2.52. The number of primary amides is 1. The van der Waals surface area contributed by atoms with Gasteiger partial charge < -0.3 is 20.5 Å². The van der Waals surface area contributed by atoms with Gasteiger partial charge in [0.15, 0.2) is 0 Å². The SMILES string of the molecule is NC(=O)c1ccc(Oc2ccc(C(=O)NCC3(N4CCOCC4)CCSC3)cc2)cc1. The molecule has 2 aliphatic heterocycles. The second kappa shape index (κ2) is 9.72. The van der Waals surface area contributed by atoms with E-state index in [9.17, 15) is 9.59 Å². The van der Waals surface area contributed by atoms with Crippen LogP contribution >= 0.6 is 11.8 Å². The van der Waals surface area contributed by atoms with E-state index in [1.54, 1.807) is 48.5 Å². The van der Waals surface area contributed by atoms with Crippen molar-refractivity contribution in [3.63, 3.8) is 0 Å². The topological polar surface area (TPSA) is 93.9 Å². The highest BCUT2D eigenvalue weighted by atomic mass is 32.2. The Morgan fingerprint density at radius 3 is 2.19 bits per heavy atom. The summed E-state index contributed by atoms with van der Waals surface area (Å²) in [5.41, 5.74) is 6.29. The normalized spacial score (nSPS) is 21.5. The molecule has 0 aromatic heterocycles. The highest BCUT2D eigenvalue weighted by Crippen LogP contribution is 2.33. The number of carbonyl (C=O) groups excluding carboxylic acids is 2. The molecule has 2 fully saturated rings. The summed E-state index contributed by atoms with van der Waals surface area (Å²) in [5.74, 6) is 2.80. The molecule has 31 heavy (non-hydrogen) atoms. The Hall–Kier alpha value is -2.55. The van der Waals surface area contributed by atoms with Crippen molar-refractivity contribution in [1.29, 1.82) is 0 Å². The summed E-state index contributed by atoms with van der Waals surface area (Å²) in [6.45, 7) is 4.00. The van der Waals surface area contributed by atoms with Gasteiger partial charge in [-0.1, -0.05) is 0 Å². The van der Waals surface area contributed by atoms with Crippen LogP contribution in [0.3, 0.4) is 0 Å². The van der Waals surface area contributed by atoms with E-state index < -0.39 is 5.91 Å². The number of amides is 2. The number of benzene rings is 2. The lowest BCUT2D eigenvalue weighted by Crippen LogP contribution is -2.59. The lowest BCUT2D eigenvalue weighted by atomic mass is 9.95.